The SMILES string of the molecule is COCCOc1cc(C)ccc1NC(=O)c1ccc(N)cn1. The number of hydrogen-bond donors (Lipinski definition) is 2. The van der Waals surface area contributed by atoms with Gasteiger partial charge in [0, 0.05) is 7.11 Å². The third-order valence-electron chi connectivity index (χ3n) is 2.95. The number of aromatic nitrogens is 1. The number of anilines is 2. The van der Waals surface area contributed by atoms with Gasteiger partial charge in [-0.2, -0.15) is 0 Å². The molecular weight excluding hydrogens is 282 g/mol. The average Bonchev–Trinajstić information content (AvgIpc) is 2.50. The summed E-state index contributed by atoms with van der Waals surface area (Å²) in [6.07, 6.45) is 1.44. The van der Waals surface area contributed by atoms with Crippen molar-refractivity contribution in [3.8, 4) is 5.75 Å². The monoisotopic (exact) mass is 301 g/mol. The number of nitrogens with zero attached hydrogens (tertiary/aromatic N) is 1. The van der Waals surface area contributed by atoms with Crippen LogP contribution in [0.5, 0.6) is 5.75 Å². The normalized spacial score (nSPS) is 10.3. The number of carbonyl (C=O) groups excluding carboxylic acids is 1. The van der Waals surface area contributed by atoms with Gasteiger partial charge in [-0.1, -0.05) is 6.07 Å². The van der Waals surface area contributed by atoms with Crippen LogP contribution in [0.3, 0.4) is 0 Å². The maximum atomic E-state index is 12.2. The second kappa shape index (κ2) is 7.42. The number of rotatable bonds is 6. The van der Waals surface area contributed by atoms with E-state index in [1.54, 1.807) is 25.3 Å². The zero-order valence-corrected chi connectivity index (χ0v) is 12.6. The molecule has 0 unspecified atom stereocenters. The van der Waals surface area contributed by atoms with Crippen molar-refractivity contribution < 1.29 is 14.3 Å². The van der Waals surface area contributed by atoms with E-state index in [0.717, 1.165) is 5.56 Å². The van der Waals surface area contributed by atoms with Crippen molar-refractivity contribution in [2.45, 2.75) is 6.92 Å². The molecule has 1 amide bonds. The molecule has 2 rings (SSSR count). The van der Waals surface area contributed by atoms with Gasteiger partial charge in [-0.05, 0) is 36.8 Å². The molecule has 0 bridgehead atoms. The Morgan fingerprint density at radius 2 is 2.09 bits per heavy atom. The van der Waals surface area contributed by atoms with E-state index in [1.165, 1.54) is 6.20 Å². The van der Waals surface area contributed by atoms with E-state index in [4.69, 9.17) is 15.2 Å². The molecule has 22 heavy (non-hydrogen) atoms. The number of nitrogens with two attached hydrogens (primary N) is 1. The van der Waals surface area contributed by atoms with Gasteiger partial charge in [0.15, 0.2) is 0 Å². The van der Waals surface area contributed by atoms with Crippen LogP contribution in [0.25, 0.3) is 0 Å². The van der Waals surface area contributed by atoms with Crippen molar-refractivity contribution in [1.29, 1.82) is 0 Å². The third-order valence-corrected chi connectivity index (χ3v) is 2.95. The van der Waals surface area contributed by atoms with Gasteiger partial charge in [-0.3, -0.25) is 4.79 Å². The Morgan fingerprint density at radius 3 is 2.77 bits per heavy atom. The van der Waals surface area contributed by atoms with E-state index < -0.39 is 0 Å². The standard InChI is InChI=1S/C16H19N3O3/c1-11-3-5-13(15(9-11)22-8-7-21-2)19-16(20)14-6-4-12(17)10-18-14/h3-6,9-10H,7-8,17H2,1-2H3,(H,19,20). The lowest BCUT2D eigenvalue weighted by atomic mass is 10.2. The topological polar surface area (TPSA) is 86.5 Å². The van der Waals surface area contributed by atoms with E-state index in [2.05, 4.69) is 10.3 Å². The number of aryl methyl sites for hydroxylation is 1. The van der Waals surface area contributed by atoms with Crippen LogP contribution in [-0.4, -0.2) is 31.2 Å². The molecule has 0 spiro atoms. The number of nitrogen functional groups attached to an aromatic ring is 1. The predicted molar refractivity (Wildman–Crippen MR) is 85.2 cm³/mol. The van der Waals surface area contributed by atoms with Gasteiger partial charge in [-0.25, -0.2) is 4.98 Å². The van der Waals surface area contributed by atoms with Crippen LogP contribution >= 0.6 is 0 Å². The number of pyridine rings is 1. The molecule has 3 N–H and O–H groups in total. The van der Waals surface area contributed by atoms with Crippen LogP contribution < -0.4 is 15.8 Å². The number of methoxy groups -OCH3 is 1. The lowest BCUT2D eigenvalue weighted by molar-refractivity contribution is 0.102. The Morgan fingerprint density at radius 1 is 1.27 bits per heavy atom. The van der Waals surface area contributed by atoms with Gasteiger partial charge >= 0.3 is 0 Å². The Kier molecular flexibility index (Phi) is 5.32. The summed E-state index contributed by atoms with van der Waals surface area (Å²) in [7, 11) is 1.61. The number of hydrogen-bond acceptors (Lipinski definition) is 5. The molecule has 6 nitrogen and oxygen atoms in total. The van der Waals surface area contributed by atoms with Crippen molar-refractivity contribution in [3.05, 3.63) is 47.8 Å². The molecule has 2 aromatic rings. The number of carbonyl (C=O) groups is 1. The molecule has 1 aromatic heterocycles. The third kappa shape index (κ3) is 4.20. The summed E-state index contributed by atoms with van der Waals surface area (Å²) in [5, 5.41) is 2.79. The van der Waals surface area contributed by atoms with E-state index in [1.807, 2.05) is 19.1 Å². The number of ether oxygens (including phenoxy) is 2. The second-order valence-electron chi connectivity index (χ2n) is 4.77. The minimum atomic E-state index is -0.319. The van der Waals surface area contributed by atoms with Gasteiger partial charge in [0.2, 0.25) is 0 Å². The van der Waals surface area contributed by atoms with Crippen molar-refractivity contribution in [2.24, 2.45) is 0 Å². The summed E-state index contributed by atoms with van der Waals surface area (Å²) in [4.78, 5) is 16.2. The van der Waals surface area contributed by atoms with Crippen LogP contribution in [0, 0.1) is 6.92 Å². The summed E-state index contributed by atoms with van der Waals surface area (Å²) >= 11 is 0. The molecular formula is C16H19N3O3. The largest absolute Gasteiger partial charge is 0.489 e. The highest BCUT2D eigenvalue weighted by Crippen LogP contribution is 2.26. The lowest BCUT2D eigenvalue weighted by Crippen LogP contribution is -2.15. The first-order valence-corrected chi connectivity index (χ1v) is 6.85. The van der Waals surface area contributed by atoms with Crippen molar-refractivity contribution >= 4 is 17.3 Å². The Hall–Kier alpha value is -2.60. The van der Waals surface area contributed by atoms with Crippen molar-refractivity contribution in [2.75, 3.05) is 31.4 Å². The highest BCUT2D eigenvalue weighted by molar-refractivity contribution is 6.03. The maximum absolute atomic E-state index is 12.2. The first-order valence-electron chi connectivity index (χ1n) is 6.85. The quantitative estimate of drug-likeness (QED) is 0.799. The fourth-order valence-electron chi connectivity index (χ4n) is 1.81. The zero-order chi connectivity index (χ0) is 15.9. The molecule has 116 valence electrons. The minimum Gasteiger partial charge on any atom is -0.489 e. The molecule has 6 heteroatoms. The van der Waals surface area contributed by atoms with Crippen LogP contribution in [0.1, 0.15) is 16.1 Å². The van der Waals surface area contributed by atoms with E-state index >= 15 is 0 Å². The molecule has 0 fully saturated rings. The molecule has 0 saturated heterocycles. The molecule has 0 radical (unpaired) electrons. The molecule has 0 saturated carbocycles. The molecule has 0 aliphatic heterocycles. The maximum Gasteiger partial charge on any atom is 0.274 e. The fraction of sp³-hybridized carbons (Fsp3) is 0.250. The lowest BCUT2D eigenvalue weighted by Gasteiger charge is -2.13. The number of benzene rings is 1. The smallest absolute Gasteiger partial charge is 0.274 e. The molecule has 0 atom stereocenters. The van der Waals surface area contributed by atoms with Crippen LogP contribution in [0.4, 0.5) is 11.4 Å². The number of nitrogens with one attached hydrogen (secondary N) is 1. The van der Waals surface area contributed by atoms with Crippen molar-refractivity contribution in [1.82, 2.24) is 4.98 Å². The van der Waals surface area contributed by atoms with E-state index in [0.29, 0.717) is 30.3 Å². The second-order valence-corrected chi connectivity index (χ2v) is 4.77. The zero-order valence-electron chi connectivity index (χ0n) is 12.6. The van der Waals surface area contributed by atoms with Gasteiger partial charge < -0.3 is 20.5 Å². The molecule has 1 heterocycles. The van der Waals surface area contributed by atoms with Crippen molar-refractivity contribution in [3.63, 3.8) is 0 Å². The minimum absolute atomic E-state index is 0.289. The Bertz CT molecular complexity index is 642. The first kappa shape index (κ1) is 15.8. The van der Waals surface area contributed by atoms with E-state index in [9.17, 15) is 4.79 Å². The highest BCUT2D eigenvalue weighted by atomic mass is 16.5. The summed E-state index contributed by atoms with van der Waals surface area (Å²) in [5.41, 5.74) is 7.99. The number of amides is 1. The molecule has 0 aliphatic rings. The summed E-state index contributed by atoms with van der Waals surface area (Å²) < 4.78 is 10.6. The van der Waals surface area contributed by atoms with Gasteiger partial charge in [0.25, 0.3) is 5.91 Å². The van der Waals surface area contributed by atoms with Crippen LogP contribution in [0.2, 0.25) is 0 Å². The van der Waals surface area contributed by atoms with E-state index in [-0.39, 0.29) is 11.6 Å². The summed E-state index contributed by atoms with van der Waals surface area (Å²) in [6, 6.07) is 8.76. The summed E-state index contributed by atoms with van der Waals surface area (Å²) in [6.45, 7) is 2.83. The van der Waals surface area contributed by atoms with Crippen LogP contribution in [0.15, 0.2) is 36.5 Å². The average molecular weight is 301 g/mol. The predicted octanol–water partition coefficient (Wildman–Crippen LogP) is 2.25. The Labute approximate surface area is 129 Å². The molecule has 1 aromatic carbocycles. The fourth-order valence-corrected chi connectivity index (χ4v) is 1.81. The van der Waals surface area contributed by atoms with Gasteiger partial charge in [0.1, 0.15) is 18.1 Å². The summed E-state index contributed by atoms with van der Waals surface area (Å²) in [5.74, 6) is 0.279. The molecule has 0 aliphatic carbocycles. The van der Waals surface area contributed by atoms with Gasteiger partial charge in [0.05, 0.1) is 24.2 Å². The van der Waals surface area contributed by atoms with Crippen LogP contribution in [-0.2, 0) is 4.74 Å². The Balaban J connectivity index is 2.13. The highest BCUT2D eigenvalue weighted by Gasteiger charge is 2.11. The van der Waals surface area contributed by atoms with Gasteiger partial charge in [-0.15, -0.1) is 0 Å². The first-order chi connectivity index (χ1) is 10.6.